The molecule has 3 saturated heterocycles. The fraction of sp³-hybridized carbons (Fsp3) is 0.500. The summed E-state index contributed by atoms with van der Waals surface area (Å²) in [6, 6.07) is 6.70. The number of thioether (sulfide) groups is 1. The molecule has 3 atom stereocenters. The second-order valence-corrected chi connectivity index (χ2v) is 10.4. The van der Waals surface area contributed by atoms with Gasteiger partial charge in [0, 0.05) is 23.1 Å². The molecule has 9 heteroatoms. The molecule has 1 aromatic carbocycles. The molecule has 27 heavy (non-hydrogen) atoms. The summed E-state index contributed by atoms with van der Waals surface area (Å²) in [5.41, 5.74) is 1.31. The second kappa shape index (κ2) is 7.03. The summed E-state index contributed by atoms with van der Waals surface area (Å²) >= 11 is 1.34. The number of Topliss-reactive ketones (excluding diaryl/α,β-unsaturated/α-hetero) is 1. The Morgan fingerprint density at radius 2 is 1.96 bits per heavy atom. The van der Waals surface area contributed by atoms with Crippen molar-refractivity contribution < 1.29 is 22.7 Å². The zero-order valence-corrected chi connectivity index (χ0v) is 16.5. The van der Waals surface area contributed by atoms with Crippen LogP contribution in [0, 0.1) is 0 Å². The molecule has 0 aliphatic carbocycles. The predicted molar refractivity (Wildman–Crippen MR) is 104 cm³/mol. The van der Waals surface area contributed by atoms with Gasteiger partial charge in [-0.25, -0.2) is 8.42 Å². The smallest absolute Gasteiger partial charge is 0.277 e. The SMILES string of the molecule is CC(=O)c1ccc(N2C(=NC(=O)[C@@H]3CCCO3)S[C@H]3CS(=O)(=O)C[C@H]32)cc1. The number of hydrogen-bond acceptors (Lipinski definition) is 6. The molecule has 1 amide bonds. The molecule has 7 nitrogen and oxygen atoms in total. The molecule has 0 saturated carbocycles. The third-order valence-electron chi connectivity index (χ3n) is 5.03. The topological polar surface area (TPSA) is 93.1 Å². The number of carbonyl (C=O) groups is 2. The number of fused-ring (bicyclic) bond motifs is 1. The Morgan fingerprint density at radius 1 is 1.22 bits per heavy atom. The molecular formula is C18H20N2O5S2. The van der Waals surface area contributed by atoms with E-state index >= 15 is 0 Å². The summed E-state index contributed by atoms with van der Waals surface area (Å²) in [7, 11) is -3.12. The number of amides is 1. The Labute approximate surface area is 162 Å². The van der Waals surface area contributed by atoms with Gasteiger partial charge in [0.1, 0.15) is 6.10 Å². The number of carbonyl (C=O) groups excluding carboxylic acids is 2. The first-order chi connectivity index (χ1) is 12.8. The summed E-state index contributed by atoms with van der Waals surface area (Å²) in [6.45, 7) is 2.06. The van der Waals surface area contributed by atoms with Crippen LogP contribution in [-0.2, 0) is 19.4 Å². The average Bonchev–Trinajstić information content (AvgIpc) is 3.29. The molecule has 0 N–H and O–H groups in total. The van der Waals surface area contributed by atoms with Crippen LogP contribution in [0.25, 0.3) is 0 Å². The molecule has 4 rings (SSSR count). The van der Waals surface area contributed by atoms with E-state index in [4.69, 9.17) is 4.74 Å². The van der Waals surface area contributed by atoms with Gasteiger partial charge in [0.05, 0.1) is 17.5 Å². The van der Waals surface area contributed by atoms with Crippen molar-refractivity contribution in [2.24, 2.45) is 4.99 Å². The van der Waals surface area contributed by atoms with E-state index in [9.17, 15) is 18.0 Å². The fourth-order valence-corrected chi connectivity index (χ4v) is 7.58. The highest BCUT2D eigenvalue weighted by molar-refractivity contribution is 8.16. The van der Waals surface area contributed by atoms with Crippen LogP contribution in [0.1, 0.15) is 30.1 Å². The quantitative estimate of drug-likeness (QED) is 0.702. The molecule has 3 heterocycles. The molecule has 0 spiro atoms. The Kier molecular flexibility index (Phi) is 4.85. The summed E-state index contributed by atoms with van der Waals surface area (Å²) in [4.78, 5) is 30.1. The van der Waals surface area contributed by atoms with Gasteiger partial charge in [-0.2, -0.15) is 4.99 Å². The van der Waals surface area contributed by atoms with Crippen LogP contribution in [0.5, 0.6) is 0 Å². The molecule has 3 fully saturated rings. The third-order valence-corrected chi connectivity index (χ3v) is 8.24. The number of rotatable bonds is 3. The largest absolute Gasteiger partial charge is 0.368 e. The van der Waals surface area contributed by atoms with Gasteiger partial charge in [-0.1, -0.05) is 11.8 Å². The number of sulfone groups is 1. The maximum absolute atomic E-state index is 12.5. The molecule has 3 aliphatic rings. The van der Waals surface area contributed by atoms with E-state index in [0.717, 1.165) is 12.1 Å². The van der Waals surface area contributed by atoms with Crippen molar-refractivity contribution in [3.63, 3.8) is 0 Å². The highest BCUT2D eigenvalue weighted by Crippen LogP contribution is 2.41. The maximum atomic E-state index is 12.5. The Hall–Kier alpha value is -1.71. The molecule has 144 valence electrons. The fourth-order valence-electron chi connectivity index (χ4n) is 3.66. The molecule has 3 aliphatic heterocycles. The molecular weight excluding hydrogens is 388 g/mol. The monoisotopic (exact) mass is 408 g/mol. The van der Waals surface area contributed by atoms with Gasteiger partial charge in [0.2, 0.25) is 0 Å². The number of amidine groups is 1. The van der Waals surface area contributed by atoms with Gasteiger partial charge in [0.15, 0.2) is 20.8 Å². The van der Waals surface area contributed by atoms with Gasteiger partial charge in [0.25, 0.3) is 5.91 Å². The number of aliphatic imine (C=N–C) groups is 1. The van der Waals surface area contributed by atoms with E-state index < -0.39 is 15.9 Å². The minimum Gasteiger partial charge on any atom is -0.368 e. The number of nitrogens with zero attached hydrogens (tertiary/aromatic N) is 2. The lowest BCUT2D eigenvalue weighted by atomic mass is 10.1. The molecule has 0 radical (unpaired) electrons. The van der Waals surface area contributed by atoms with Crippen molar-refractivity contribution in [3.8, 4) is 0 Å². The van der Waals surface area contributed by atoms with E-state index in [0.29, 0.717) is 23.8 Å². The number of ether oxygens (including phenoxy) is 1. The summed E-state index contributed by atoms with van der Waals surface area (Å²) in [5.74, 6) is -0.242. The number of ketones is 1. The number of hydrogen-bond donors (Lipinski definition) is 0. The second-order valence-electron chi connectivity index (χ2n) is 7.01. The highest BCUT2D eigenvalue weighted by Gasteiger charge is 2.49. The van der Waals surface area contributed by atoms with Crippen molar-refractivity contribution in [2.75, 3.05) is 23.0 Å². The summed E-state index contributed by atoms with van der Waals surface area (Å²) < 4.78 is 29.6. The van der Waals surface area contributed by atoms with Gasteiger partial charge in [-0.3, -0.25) is 9.59 Å². The predicted octanol–water partition coefficient (Wildman–Crippen LogP) is 1.67. The number of anilines is 1. The third kappa shape index (κ3) is 3.68. The molecule has 0 aromatic heterocycles. The van der Waals surface area contributed by atoms with Gasteiger partial charge >= 0.3 is 0 Å². The molecule has 0 bridgehead atoms. The lowest BCUT2D eigenvalue weighted by molar-refractivity contribution is -0.126. The standard InChI is InChI=1S/C18H20N2O5S2/c1-11(21)12-4-6-13(7-5-12)20-14-9-27(23,24)10-16(14)26-18(20)19-17(22)15-3-2-8-25-15/h4-7,14-16H,2-3,8-10H2,1H3/t14-,15+,16+/m1/s1. The minimum atomic E-state index is -3.12. The van der Waals surface area contributed by atoms with Crippen LogP contribution in [0.15, 0.2) is 29.3 Å². The van der Waals surface area contributed by atoms with Gasteiger partial charge in [-0.15, -0.1) is 0 Å². The Bertz CT molecular complexity index is 904. The molecule has 0 unspecified atom stereocenters. The van der Waals surface area contributed by atoms with Crippen molar-refractivity contribution in [1.82, 2.24) is 0 Å². The van der Waals surface area contributed by atoms with Crippen LogP contribution in [0.2, 0.25) is 0 Å². The zero-order valence-electron chi connectivity index (χ0n) is 14.8. The van der Waals surface area contributed by atoms with E-state index in [1.54, 1.807) is 24.3 Å². The maximum Gasteiger partial charge on any atom is 0.277 e. The highest BCUT2D eigenvalue weighted by atomic mass is 32.2. The molecule has 1 aromatic rings. The average molecular weight is 409 g/mol. The van der Waals surface area contributed by atoms with Crippen molar-refractivity contribution in [3.05, 3.63) is 29.8 Å². The first kappa shape index (κ1) is 18.6. The minimum absolute atomic E-state index is 0.0340. The zero-order chi connectivity index (χ0) is 19.2. The van der Waals surface area contributed by atoms with Gasteiger partial charge in [-0.05, 0) is 44.0 Å². The lowest BCUT2D eigenvalue weighted by Gasteiger charge is -2.24. The van der Waals surface area contributed by atoms with Crippen LogP contribution >= 0.6 is 11.8 Å². The normalized spacial score (nSPS) is 30.6. The van der Waals surface area contributed by atoms with E-state index in [-0.39, 0.29) is 34.5 Å². The Balaban J connectivity index is 1.67. The van der Waals surface area contributed by atoms with E-state index in [1.807, 2.05) is 4.90 Å². The summed E-state index contributed by atoms with van der Waals surface area (Å²) in [5, 5.41) is 0.356. The number of benzene rings is 1. The van der Waals surface area contributed by atoms with Crippen molar-refractivity contribution in [1.29, 1.82) is 0 Å². The first-order valence-electron chi connectivity index (χ1n) is 8.85. The van der Waals surface area contributed by atoms with Crippen LogP contribution in [0.4, 0.5) is 5.69 Å². The van der Waals surface area contributed by atoms with Crippen LogP contribution in [0.3, 0.4) is 0 Å². The van der Waals surface area contributed by atoms with Crippen molar-refractivity contribution >= 4 is 44.1 Å². The van der Waals surface area contributed by atoms with E-state index in [1.165, 1.54) is 18.7 Å². The van der Waals surface area contributed by atoms with Crippen LogP contribution in [-0.4, -0.2) is 60.8 Å². The van der Waals surface area contributed by atoms with Crippen LogP contribution < -0.4 is 4.90 Å². The first-order valence-corrected chi connectivity index (χ1v) is 11.6. The lowest BCUT2D eigenvalue weighted by Crippen LogP contribution is -2.38. The van der Waals surface area contributed by atoms with Gasteiger partial charge < -0.3 is 9.64 Å². The summed E-state index contributed by atoms with van der Waals surface area (Å²) in [6.07, 6.45) is 0.993. The Morgan fingerprint density at radius 3 is 2.59 bits per heavy atom. The van der Waals surface area contributed by atoms with Crippen molar-refractivity contribution in [2.45, 2.75) is 37.2 Å². The van der Waals surface area contributed by atoms with E-state index in [2.05, 4.69) is 4.99 Å².